The first kappa shape index (κ1) is 42.0. The predicted molar refractivity (Wildman–Crippen MR) is 195 cm³/mol. The second-order valence-electron chi connectivity index (χ2n) is 14.1. The number of hydrogen-bond donors (Lipinski definition) is 0. The summed E-state index contributed by atoms with van der Waals surface area (Å²) >= 11 is 0. The normalized spacial score (nSPS) is 11.6. The zero-order valence-corrected chi connectivity index (χ0v) is 29.7. The van der Waals surface area contributed by atoms with Crippen molar-refractivity contribution < 1.29 is 0 Å². The Morgan fingerprint density at radius 1 is 0.119 bits per heavy atom. The zero-order chi connectivity index (χ0) is 30.3. The topological polar surface area (TPSA) is 0 Å². The van der Waals surface area contributed by atoms with E-state index in [-0.39, 0.29) is 0 Å². The molecule has 0 aliphatic rings. The molecule has 42 heavy (non-hydrogen) atoms. The second-order valence-corrected chi connectivity index (χ2v) is 14.1. The maximum absolute atomic E-state index is 3.93. The fourth-order valence-corrected chi connectivity index (χ4v) is 6.72. The summed E-state index contributed by atoms with van der Waals surface area (Å²) in [4.78, 5) is 0. The Hall–Kier alpha value is 0. The van der Waals surface area contributed by atoms with Crippen LogP contribution in [-0.2, 0) is 0 Å². The van der Waals surface area contributed by atoms with Crippen LogP contribution in [-0.4, -0.2) is 0 Å². The lowest BCUT2D eigenvalue weighted by atomic mass is 10.0. The fraction of sp³-hybridized carbons (Fsp3) is 0.952. The molecule has 0 saturated heterocycles. The Morgan fingerprint density at radius 2 is 0.190 bits per heavy atom. The fourth-order valence-electron chi connectivity index (χ4n) is 6.72. The summed E-state index contributed by atoms with van der Waals surface area (Å²) < 4.78 is 0. The van der Waals surface area contributed by atoms with Crippen molar-refractivity contribution >= 4 is 0 Å². The highest BCUT2D eigenvalue weighted by molar-refractivity contribution is 4.54. The molecule has 2 radical (unpaired) electrons. The van der Waals surface area contributed by atoms with Gasteiger partial charge in [-0.05, 0) is 0 Å². The Bertz CT molecular complexity index is 386. The summed E-state index contributed by atoms with van der Waals surface area (Å²) in [6.45, 7) is 7.86. The minimum absolute atomic E-state index is 1.12. The molecule has 252 valence electrons. The van der Waals surface area contributed by atoms with Crippen LogP contribution in [0.2, 0.25) is 0 Å². The number of unbranched alkanes of at least 4 members (excludes halogenated alkanes) is 39. The van der Waals surface area contributed by atoms with E-state index in [1.807, 2.05) is 0 Å². The summed E-state index contributed by atoms with van der Waals surface area (Å²) in [6, 6.07) is 0. The molecule has 0 spiro atoms. The van der Waals surface area contributed by atoms with Gasteiger partial charge in [-0.1, -0.05) is 271 Å². The minimum Gasteiger partial charge on any atom is -0.0533 e. The van der Waals surface area contributed by atoms with Crippen LogP contribution >= 0.6 is 0 Å². The average Bonchev–Trinajstić information content (AvgIpc) is 3.00. The van der Waals surface area contributed by atoms with E-state index in [1.165, 1.54) is 244 Å². The molecule has 0 heteroatoms. The molecule has 0 unspecified atom stereocenters. The van der Waals surface area contributed by atoms with Crippen LogP contribution in [0.15, 0.2) is 0 Å². The van der Waals surface area contributed by atoms with Crippen molar-refractivity contribution in [2.75, 3.05) is 0 Å². The third-order valence-electron chi connectivity index (χ3n) is 9.75. The van der Waals surface area contributed by atoms with Crippen LogP contribution in [0, 0.1) is 13.8 Å². The van der Waals surface area contributed by atoms with Gasteiger partial charge in [0.15, 0.2) is 0 Å². The van der Waals surface area contributed by atoms with Crippen LogP contribution in [0.1, 0.15) is 257 Å². The minimum atomic E-state index is 1.12. The van der Waals surface area contributed by atoms with Crippen LogP contribution < -0.4 is 0 Å². The van der Waals surface area contributed by atoms with Gasteiger partial charge in [0.25, 0.3) is 0 Å². The van der Waals surface area contributed by atoms with E-state index in [4.69, 9.17) is 0 Å². The smallest absolute Gasteiger partial charge is 0.0533 e. The van der Waals surface area contributed by atoms with Crippen molar-refractivity contribution in [1.82, 2.24) is 0 Å². The van der Waals surface area contributed by atoms with Crippen molar-refractivity contribution in [2.45, 2.75) is 257 Å². The van der Waals surface area contributed by atoms with E-state index in [0.717, 1.165) is 12.8 Å². The first-order chi connectivity index (χ1) is 20.9. The van der Waals surface area contributed by atoms with Gasteiger partial charge in [-0.2, -0.15) is 0 Å². The third kappa shape index (κ3) is 40.0. The third-order valence-corrected chi connectivity index (χ3v) is 9.75. The molecule has 0 bridgehead atoms. The summed E-state index contributed by atoms with van der Waals surface area (Å²) in [5.41, 5.74) is 0. The Kier molecular flexibility index (Phi) is 41.0. The van der Waals surface area contributed by atoms with Gasteiger partial charge in [-0.3, -0.25) is 0 Å². The SMILES string of the molecule is [CH2]CCCCCCCCCCCCCCCCCCCCCCCCCCCCCCCCCCCCCCCC[CH2]. The maximum atomic E-state index is 3.93. The van der Waals surface area contributed by atoms with Crippen LogP contribution in [0.4, 0.5) is 0 Å². The molecule has 0 N–H and O–H groups in total. The van der Waals surface area contributed by atoms with E-state index in [9.17, 15) is 0 Å². The molecular weight excluding hydrogens is 504 g/mol. The van der Waals surface area contributed by atoms with E-state index in [2.05, 4.69) is 13.8 Å². The van der Waals surface area contributed by atoms with E-state index in [1.54, 1.807) is 0 Å². The molecule has 0 aromatic carbocycles. The van der Waals surface area contributed by atoms with Gasteiger partial charge in [0, 0.05) is 0 Å². The summed E-state index contributed by atoms with van der Waals surface area (Å²) in [7, 11) is 0. The molecule has 0 aliphatic heterocycles. The molecule has 0 rings (SSSR count). The van der Waals surface area contributed by atoms with E-state index < -0.39 is 0 Å². The lowest BCUT2D eigenvalue weighted by molar-refractivity contribution is 0.510. The summed E-state index contributed by atoms with van der Waals surface area (Å²) in [5, 5.41) is 0. The van der Waals surface area contributed by atoms with Gasteiger partial charge in [-0.15, -0.1) is 0 Å². The highest BCUT2D eigenvalue weighted by Crippen LogP contribution is 2.17. The van der Waals surface area contributed by atoms with Crippen molar-refractivity contribution in [3.63, 3.8) is 0 Å². The molecule has 0 fully saturated rings. The molecular formula is C42H84. The van der Waals surface area contributed by atoms with Crippen molar-refractivity contribution in [2.24, 2.45) is 0 Å². The molecule has 0 saturated carbocycles. The van der Waals surface area contributed by atoms with Crippen LogP contribution in [0.5, 0.6) is 0 Å². The zero-order valence-electron chi connectivity index (χ0n) is 29.7. The van der Waals surface area contributed by atoms with Gasteiger partial charge >= 0.3 is 0 Å². The Morgan fingerprint density at radius 3 is 0.262 bits per heavy atom. The lowest BCUT2D eigenvalue weighted by Crippen LogP contribution is -1.85. The molecule has 0 amide bonds. The van der Waals surface area contributed by atoms with Gasteiger partial charge in [0.05, 0.1) is 0 Å². The standard InChI is InChI=1S/C42H84/c1-3-5-7-9-11-13-15-17-19-21-23-25-27-29-31-33-35-37-39-41-42-40-38-36-34-32-30-28-26-24-22-20-18-16-14-12-10-8-6-4-2/h1-42H2. The molecule has 0 heterocycles. The highest BCUT2D eigenvalue weighted by atomic mass is 14.0. The first-order valence-electron chi connectivity index (χ1n) is 20.5. The van der Waals surface area contributed by atoms with E-state index in [0.29, 0.717) is 0 Å². The van der Waals surface area contributed by atoms with Crippen molar-refractivity contribution in [3.8, 4) is 0 Å². The van der Waals surface area contributed by atoms with Gasteiger partial charge in [0.1, 0.15) is 0 Å². The molecule has 0 atom stereocenters. The maximum Gasteiger partial charge on any atom is -0.0533 e. The Balaban J connectivity index is 3.02. The first-order valence-corrected chi connectivity index (χ1v) is 20.5. The highest BCUT2D eigenvalue weighted by Gasteiger charge is 1.98. The predicted octanol–water partition coefficient (Wildman–Crippen LogP) is 16.3. The van der Waals surface area contributed by atoms with Crippen molar-refractivity contribution in [1.29, 1.82) is 0 Å². The van der Waals surface area contributed by atoms with Gasteiger partial charge in [-0.25, -0.2) is 0 Å². The molecule has 0 aromatic heterocycles. The molecule has 0 nitrogen and oxygen atoms in total. The van der Waals surface area contributed by atoms with Gasteiger partial charge in [0.2, 0.25) is 0 Å². The monoisotopic (exact) mass is 589 g/mol. The number of rotatable bonds is 39. The quantitative estimate of drug-likeness (QED) is 0.0626. The van der Waals surface area contributed by atoms with Crippen molar-refractivity contribution in [3.05, 3.63) is 13.8 Å². The largest absolute Gasteiger partial charge is 0.0533 e. The summed E-state index contributed by atoms with van der Waals surface area (Å²) in [6.07, 6.45) is 58.1. The summed E-state index contributed by atoms with van der Waals surface area (Å²) in [5.74, 6) is 0. The van der Waals surface area contributed by atoms with Crippen LogP contribution in [0.3, 0.4) is 0 Å². The number of hydrogen-bond acceptors (Lipinski definition) is 0. The molecule has 0 aliphatic carbocycles. The molecule has 0 aromatic rings. The van der Waals surface area contributed by atoms with E-state index >= 15 is 0 Å². The average molecular weight is 589 g/mol. The van der Waals surface area contributed by atoms with Crippen LogP contribution in [0.25, 0.3) is 0 Å². The van der Waals surface area contributed by atoms with Gasteiger partial charge < -0.3 is 0 Å². The second kappa shape index (κ2) is 41.0. The lowest BCUT2D eigenvalue weighted by Gasteiger charge is -2.05. The Labute approximate surface area is 270 Å².